The second-order valence-corrected chi connectivity index (χ2v) is 5.96. The predicted molar refractivity (Wildman–Crippen MR) is 104 cm³/mol. The molecule has 4 N–H and O–H groups in total. The van der Waals surface area contributed by atoms with E-state index in [1.807, 2.05) is 43.4 Å². The molecule has 3 aromatic rings. The van der Waals surface area contributed by atoms with Gasteiger partial charge in [0.05, 0.1) is 24.2 Å². The molecule has 0 saturated carbocycles. The molecule has 0 spiro atoms. The van der Waals surface area contributed by atoms with Crippen LogP contribution in [0.25, 0.3) is 10.9 Å². The van der Waals surface area contributed by atoms with Crippen LogP contribution in [0.15, 0.2) is 54.7 Å². The second kappa shape index (κ2) is 7.84. The number of nitrogens with two attached hydrogens (primary N) is 1. The number of nitrogens with zero attached hydrogens (tertiary/aromatic N) is 1. The molecule has 134 valence electrons. The molecular formula is C20H22N4O2. The minimum atomic E-state index is -0.486. The lowest BCUT2D eigenvalue weighted by Crippen LogP contribution is -2.24. The summed E-state index contributed by atoms with van der Waals surface area (Å²) >= 11 is 0. The van der Waals surface area contributed by atoms with Crippen LogP contribution < -0.4 is 21.1 Å². The van der Waals surface area contributed by atoms with Crippen LogP contribution in [0, 0.1) is 0 Å². The van der Waals surface area contributed by atoms with Crippen LogP contribution >= 0.6 is 0 Å². The number of benzene rings is 2. The number of methoxy groups -OCH3 is 1. The number of ether oxygens (including phenoxy) is 1. The third-order valence-corrected chi connectivity index (χ3v) is 4.27. The maximum atomic E-state index is 11.7. The maximum Gasteiger partial charge on any atom is 0.250 e. The molecule has 2 aromatic carbocycles. The van der Waals surface area contributed by atoms with Gasteiger partial charge in [-0.2, -0.15) is 0 Å². The minimum absolute atomic E-state index is 0.0120. The topological polar surface area (TPSA) is 89.3 Å². The largest absolute Gasteiger partial charge is 0.497 e. The molecule has 0 saturated heterocycles. The monoisotopic (exact) mass is 350 g/mol. The lowest BCUT2D eigenvalue weighted by Gasteiger charge is -2.22. The van der Waals surface area contributed by atoms with Gasteiger partial charge >= 0.3 is 0 Å². The first-order valence-electron chi connectivity index (χ1n) is 8.36. The van der Waals surface area contributed by atoms with Gasteiger partial charge in [0.1, 0.15) is 5.75 Å². The number of anilines is 1. The first-order valence-corrected chi connectivity index (χ1v) is 8.36. The highest BCUT2D eigenvalue weighted by Gasteiger charge is 2.15. The van der Waals surface area contributed by atoms with E-state index in [0.717, 1.165) is 22.4 Å². The van der Waals surface area contributed by atoms with Crippen molar-refractivity contribution in [3.63, 3.8) is 0 Å². The van der Waals surface area contributed by atoms with E-state index in [0.29, 0.717) is 17.6 Å². The van der Waals surface area contributed by atoms with Crippen molar-refractivity contribution in [2.45, 2.75) is 6.04 Å². The molecule has 1 aromatic heterocycles. The number of amides is 1. The fourth-order valence-corrected chi connectivity index (χ4v) is 3.00. The Balaban J connectivity index is 2.02. The molecule has 1 amide bonds. The number of aromatic nitrogens is 1. The number of rotatable bonds is 7. The van der Waals surface area contributed by atoms with Crippen molar-refractivity contribution >= 4 is 22.5 Å². The number of hydrogen-bond acceptors (Lipinski definition) is 5. The van der Waals surface area contributed by atoms with Crippen LogP contribution in [-0.4, -0.2) is 31.6 Å². The van der Waals surface area contributed by atoms with Gasteiger partial charge in [0.15, 0.2) is 0 Å². The van der Waals surface area contributed by atoms with E-state index in [9.17, 15) is 4.79 Å². The quantitative estimate of drug-likeness (QED) is 0.610. The number of likely N-dealkylation sites (N-methyl/N-ethyl adjacent to an activating group) is 1. The summed E-state index contributed by atoms with van der Waals surface area (Å²) in [5.74, 6) is 0.320. The third-order valence-electron chi connectivity index (χ3n) is 4.27. The maximum absolute atomic E-state index is 11.7. The molecule has 0 radical (unpaired) electrons. The summed E-state index contributed by atoms with van der Waals surface area (Å²) in [5.41, 5.74) is 8.47. The van der Waals surface area contributed by atoms with Gasteiger partial charge in [0.25, 0.3) is 5.91 Å². The highest BCUT2D eigenvalue weighted by atomic mass is 16.5. The zero-order valence-corrected chi connectivity index (χ0v) is 14.8. The van der Waals surface area contributed by atoms with Crippen LogP contribution in [0.5, 0.6) is 5.75 Å². The highest BCUT2D eigenvalue weighted by Crippen LogP contribution is 2.28. The van der Waals surface area contributed by atoms with Gasteiger partial charge < -0.3 is 21.1 Å². The van der Waals surface area contributed by atoms with Gasteiger partial charge in [0, 0.05) is 23.8 Å². The fraction of sp³-hybridized carbons (Fsp3) is 0.200. The molecular weight excluding hydrogens is 328 g/mol. The van der Waals surface area contributed by atoms with E-state index in [1.54, 1.807) is 19.4 Å². The Labute approximate surface area is 152 Å². The van der Waals surface area contributed by atoms with Crippen molar-refractivity contribution in [3.05, 3.63) is 65.9 Å². The van der Waals surface area contributed by atoms with Crippen molar-refractivity contribution in [3.8, 4) is 5.75 Å². The molecule has 6 heteroatoms. The van der Waals surface area contributed by atoms with E-state index in [1.165, 1.54) is 0 Å². The number of primary amides is 1. The number of hydrogen-bond donors (Lipinski definition) is 3. The SMILES string of the molecule is CNCC(Nc1ccnc2c(C(N)=O)cccc12)c1cccc(OC)c1. The second-order valence-electron chi connectivity index (χ2n) is 5.96. The van der Waals surface area contributed by atoms with Crippen LogP contribution in [0.1, 0.15) is 22.0 Å². The Hall–Kier alpha value is -3.12. The molecule has 1 atom stereocenters. The molecule has 6 nitrogen and oxygen atoms in total. The van der Waals surface area contributed by atoms with Gasteiger partial charge in [-0.05, 0) is 36.9 Å². The smallest absolute Gasteiger partial charge is 0.250 e. The van der Waals surface area contributed by atoms with Crippen molar-refractivity contribution in [1.82, 2.24) is 10.3 Å². The van der Waals surface area contributed by atoms with Gasteiger partial charge in [0.2, 0.25) is 0 Å². The van der Waals surface area contributed by atoms with E-state index in [4.69, 9.17) is 10.5 Å². The van der Waals surface area contributed by atoms with E-state index >= 15 is 0 Å². The normalized spacial score (nSPS) is 11.9. The lowest BCUT2D eigenvalue weighted by molar-refractivity contribution is 0.100. The van der Waals surface area contributed by atoms with Crippen LogP contribution in [0.4, 0.5) is 5.69 Å². The Bertz CT molecular complexity index is 927. The summed E-state index contributed by atoms with van der Waals surface area (Å²) in [6, 6.07) is 15.3. The number of carbonyl (C=O) groups excluding carboxylic acids is 1. The molecule has 0 bridgehead atoms. The summed E-state index contributed by atoms with van der Waals surface area (Å²) in [6.45, 7) is 0.715. The number of carbonyl (C=O) groups is 1. The Morgan fingerprint density at radius 3 is 2.77 bits per heavy atom. The number of pyridine rings is 1. The predicted octanol–water partition coefficient (Wildman–Crippen LogP) is 2.71. The Morgan fingerprint density at radius 1 is 1.23 bits per heavy atom. The third kappa shape index (κ3) is 3.60. The minimum Gasteiger partial charge on any atom is -0.497 e. The van der Waals surface area contributed by atoms with E-state index in [2.05, 4.69) is 21.7 Å². The summed E-state index contributed by atoms with van der Waals surface area (Å²) < 4.78 is 5.34. The summed E-state index contributed by atoms with van der Waals surface area (Å²) in [6.07, 6.45) is 1.68. The molecule has 26 heavy (non-hydrogen) atoms. The average Bonchev–Trinajstić information content (AvgIpc) is 2.67. The first kappa shape index (κ1) is 17.7. The number of nitrogens with one attached hydrogen (secondary N) is 2. The number of fused-ring (bicyclic) bond motifs is 1. The van der Waals surface area contributed by atoms with Crippen LogP contribution in [-0.2, 0) is 0 Å². The Kier molecular flexibility index (Phi) is 5.34. The van der Waals surface area contributed by atoms with Crippen LogP contribution in [0.2, 0.25) is 0 Å². The highest BCUT2D eigenvalue weighted by molar-refractivity contribution is 6.07. The van der Waals surface area contributed by atoms with Crippen LogP contribution in [0.3, 0.4) is 0 Å². The molecule has 1 heterocycles. The summed E-state index contributed by atoms with van der Waals surface area (Å²) in [4.78, 5) is 16.0. The molecule has 1 unspecified atom stereocenters. The molecule has 0 fully saturated rings. The van der Waals surface area contributed by atoms with Gasteiger partial charge in [-0.25, -0.2) is 0 Å². The molecule has 0 aliphatic heterocycles. The van der Waals surface area contributed by atoms with Gasteiger partial charge in [-0.3, -0.25) is 9.78 Å². The zero-order chi connectivity index (χ0) is 18.5. The summed E-state index contributed by atoms with van der Waals surface area (Å²) in [7, 11) is 3.56. The zero-order valence-electron chi connectivity index (χ0n) is 14.8. The molecule has 0 aliphatic carbocycles. The number of para-hydroxylation sites is 1. The van der Waals surface area contributed by atoms with Crippen molar-refractivity contribution in [2.75, 3.05) is 26.0 Å². The summed E-state index contributed by atoms with van der Waals surface area (Å²) in [5, 5.41) is 7.61. The van der Waals surface area contributed by atoms with E-state index in [-0.39, 0.29) is 6.04 Å². The van der Waals surface area contributed by atoms with Gasteiger partial charge in [-0.1, -0.05) is 24.3 Å². The Morgan fingerprint density at radius 2 is 2.04 bits per heavy atom. The molecule has 0 aliphatic rings. The fourth-order valence-electron chi connectivity index (χ4n) is 3.00. The average molecular weight is 350 g/mol. The van der Waals surface area contributed by atoms with Crippen molar-refractivity contribution in [2.24, 2.45) is 5.73 Å². The lowest BCUT2D eigenvalue weighted by atomic mass is 10.0. The first-order chi connectivity index (χ1) is 12.6. The van der Waals surface area contributed by atoms with E-state index < -0.39 is 5.91 Å². The van der Waals surface area contributed by atoms with Crippen molar-refractivity contribution < 1.29 is 9.53 Å². The molecule has 3 rings (SSSR count). The standard InChI is InChI=1S/C20H22N4O2/c1-22-12-18(13-5-3-6-14(11-13)26-2)24-17-9-10-23-19-15(17)7-4-8-16(19)20(21)25/h3-11,18,22H,12H2,1-2H3,(H2,21,25)(H,23,24). The van der Waals surface area contributed by atoms with Crippen molar-refractivity contribution in [1.29, 1.82) is 0 Å². The van der Waals surface area contributed by atoms with Gasteiger partial charge in [-0.15, -0.1) is 0 Å².